The van der Waals surface area contributed by atoms with Crippen molar-refractivity contribution in [1.82, 2.24) is 14.8 Å². The van der Waals surface area contributed by atoms with E-state index in [0.717, 1.165) is 5.56 Å². The molecule has 0 bridgehead atoms. The maximum absolute atomic E-state index is 13.0. The Morgan fingerprint density at radius 1 is 1.21 bits per heavy atom. The van der Waals surface area contributed by atoms with Crippen LogP contribution in [0.4, 0.5) is 11.4 Å². The lowest BCUT2D eigenvalue weighted by atomic mass is 10.1. The van der Waals surface area contributed by atoms with Gasteiger partial charge in [-0.3, -0.25) is 14.5 Å². The Balaban J connectivity index is 1.58. The van der Waals surface area contributed by atoms with Gasteiger partial charge in [0, 0.05) is 18.3 Å². The SMILES string of the molecule is C[C@@H]1Oc2ccccc2N([C@H](C)C(=O)Nc2cccc(-c3nncn3C)c2)C1=O. The van der Waals surface area contributed by atoms with Crippen LogP contribution in [0, 0.1) is 0 Å². The van der Waals surface area contributed by atoms with Gasteiger partial charge in [0.1, 0.15) is 18.1 Å². The van der Waals surface area contributed by atoms with Gasteiger partial charge in [-0.25, -0.2) is 0 Å². The Kier molecular flexibility index (Phi) is 4.75. The summed E-state index contributed by atoms with van der Waals surface area (Å²) in [6, 6.07) is 13.9. The summed E-state index contributed by atoms with van der Waals surface area (Å²) in [5.41, 5.74) is 2.03. The maximum Gasteiger partial charge on any atom is 0.268 e. The molecule has 2 atom stereocenters. The highest BCUT2D eigenvalue weighted by Gasteiger charge is 2.37. The number of nitrogens with zero attached hydrogens (tertiary/aromatic N) is 4. The molecule has 0 aliphatic carbocycles. The summed E-state index contributed by atoms with van der Waals surface area (Å²) in [7, 11) is 1.85. The summed E-state index contributed by atoms with van der Waals surface area (Å²) in [5, 5.41) is 10.9. The number of amides is 2. The van der Waals surface area contributed by atoms with Crippen LogP contribution < -0.4 is 15.0 Å². The number of rotatable bonds is 4. The molecule has 0 radical (unpaired) electrons. The van der Waals surface area contributed by atoms with E-state index >= 15 is 0 Å². The van der Waals surface area contributed by atoms with Gasteiger partial charge in [-0.15, -0.1) is 10.2 Å². The van der Waals surface area contributed by atoms with Crippen LogP contribution in [0.2, 0.25) is 0 Å². The van der Waals surface area contributed by atoms with E-state index in [2.05, 4.69) is 15.5 Å². The molecule has 0 spiro atoms. The molecule has 3 aromatic rings. The molecule has 1 aliphatic heterocycles. The van der Waals surface area contributed by atoms with Crippen molar-refractivity contribution in [2.45, 2.75) is 26.0 Å². The Hall–Kier alpha value is -3.68. The fourth-order valence-corrected chi connectivity index (χ4v) is 3.36. The molecule has 8 nitrogen and oxygen atoms in total. The van der Waals surface area contributed by atoms with E-state index < -0.39 is 12.1 Å². The number of aryl methyl sites for hydroxylation is 1. The average Bonchev–Trinajstić information content (AvgIpc) is 3.14. The number of aromatic nitrogens is 3. The Morgan fingerprint density at radius 2 is 2.00 bits per heavy atom. The predicted molar refractivity (Wildman–Crippen MR) is 109 cm³/mol. The van der Waals surface area contributed by atoms with Crippen molar-refractivity contribution in [3.63, 3.8) is 0 Å². The first kappa shape index (κ1) is 18.7. The lowest BCUT2D eigenvalue weighted by Crippen LogP contribution is -2.52. The van der Waals surface area contributed by atoms with Crippen LogP contribution in [0.25, 0.3) is 11.4 Å². The second-order valence-electron chi connectivity index (χ2n) is 6.95. The van der Waals surface area contributed by atoms with Crippen LogP contribution in [0.15, 0.2) is 54.9 Å². The zero-order chi connectivity index (χ0) is 20.5. The lowest BCUT2D eigenvalue weighted by molar-refractivity contribution is -0.128. The van der Waals surface area contributed by atoms with E-state index in [0.29, 0.717) is 22.9 Å². The van der Waals surface area contributed by atoms with Crippen molar-refractivity contribution in [2.75, 3.05) is 10.2 Å². The van der Waals surface area contributed by atoms with Gasteiger partial charge in [-0.1, -0.05) is 24.3 Å². The van der Waals surface area contributed by atoms with Crippen LogP contribution in [0.3, 0.4) is 0 Å². The van der Waals surface area contributed by atoms with Crippen molar-refractivity contribution in [3.05, 3.63) is 54.9 Å². The van der Waals surface area contributed by atoms with Gasteiger partial charge in [0.2, 0.25) is 5.91 Å². The summed E-state index contributed by atoms with van der Waals surface area (Å²) in [4.78, 5) is 27.2. The maximum atomic E-state index is 13.0. The van der Waals surface area contributed by atoms with E-state index in [1.54, 1.807) is 42.9 Å². The third-order valence-electron chi connectivity index (χ3n) is 4.88. The largest absolute Gasteiger partial charge is 0.479 e. The second-order valence-corrected chi connectivity index (χ2v) is 6.95. The smallest absolute Gasteiger partial charge is 0.268 e. The van der Waals surface area contributed by atoms with Crippen molar-refractivity contribution >= 4 is 23.2 Å². The Bertz CT molecular complexity index is 1080. The fourth-order valence-electron chi connectivity index (χ4n) is 3.36. The first-order chi connectivity index (χ1) is 14.0. The molecule has 8 heteroatoms. The number of para-hydroxylation sites is 2. The quantitative estimate of drug-likeness (QED) is 0.738. The van der Waals surface area contributed by atoms with Crippen molar-refractivity contribution in [1.29, 1.82) is 0 Å². The molecule has 0 fully saturated rings. The molecule has 29 heavy (non-hydrogen) atoms. The van der Waals surface area contributed by atoms with Crippen molar-refractivity contribution < 1.29 is 14.3 Å². The molecule has 0 unspecified atom stereocenters. The molecular weight excluding hydrogens is 370 g/mol. The van der Waals surface area contributed by atoms with Gasteiger partial charge in [0.15, 0.2) is 11.9 Å². The molecule has 1 aromatic heterocycles. The first-order valence-electron chi connectivity index (χ1n) is 9.30. The zero-order valence-corrected chi connectivity index (χ0v) is 16.4. The minimum atomic E-state index is -0.714. The third kappa shape index (κ3) is 3.44. The summed E-state index contributed by atoms with van der Waals surface area (Å²) >= 11 is 0. The van der Waals surface area contributed by atoms with Gasteiger partial charge < -0.3 is 14.6 Å². The molecule has 0 saturated carbocycles. The number of anilines is 2. The van der Waals surface area contributed by atoms with Gasteiger partial charge in [-0.05, 0) is 38.1 Å². The second kappa shape index (κ2) is 7.38. The molecule has 1 aliphatic rings. The number of nitrogens with one attached hydrogen (secondary N) is 1. The van der Waals surface area contributed by atoms with Crippen LogP contribution in [0.5, 0.6) is 5.75 Å². The number of carbonyl (C=O) groups is 2. The highest BCUT2D eigenvalue weighted by molar-refractivity contribution is 6.08. The number of carbonyl (C=O) groups excluding carboxylic acids is 2. The molecule has 2 amide bonds. The third-order valence-corrected chi connectivity index (χ3v) is 4.88. The van der Waals surface area contributed by atoms with Gasteiger partial charge in [0.25, 0.3) is 5.91 Å². The number of fused-ring (bicyclic) bond motifs is 1. The van der Waals surface area contributed by atoms with Crippen LogP contribution in [0.1, 0.15) is 13.8 Å². The van der Waals surface area contributed by atoms with Crippen molar-refractivity contribution in [3.8, 4) is 17.1 Å². The number of hydrogen-bond donors (Lipinski definition) is 1. The highest BCUT2D eigenvalue weighted by Crippen LogP contribution is 2.35. The van der Waals surface area contributed by atoms with E-state index in [1.165, 1.54) is 4.90 Å². The fraction of sp³-hybridized carbons (Fsp3) is 0.238. The predicted octanol–water partition coefficient (Wildman–Crippen LogP) is 2.62. The normalized spacial score (nSPS) is 16.7. The van der Waals surface area contributed by atoms with Crippen LogP contribution in [-0.2, 0) is 16.6 Å². The zero-order valence-electron chi connectivity index (χ0n) is 16.4. The standard InChI is InChI=1S/C21H21N5O3/c1-13(26-17-9-4-5-10-18(17)29-14(2)21(26)28)20(27)23-16-8-6-7-15(11-16)19-24-22-12-25(19)3/h4-14H,1-3H3,(H,23,27)/t13-,14+/m1/s1. The first-order valence-corrected chi connectivity index (χ1v) is 9.30. The van der Waals surface area contributed by atoms with E-state index in [-0.39, 0.29) is 11.8 Å². The Morgan fingerprint density at radius 3 is 2.76 bits per heavy atom. The molecule has 1 N–H and O–H groups in total. The number of benzene rings is 2. The topological polar surface area (TPSA) is 89.3 Å². The van der Waals surface area contributed by atoms with Gasteiger partial charge in [-0.2, -0.15) is 0 Å². The minimum absolute atomic E-state index is 0.251. The van der Waals surface area contributed by atoms with E-state index in [1.807, 2.05) is 37.4 Å². The highest BCUT2D eigenvalue weighted by atomic mass is 16.5. The molecular formula is C21H21N5O3. The lowest BCUT2D eigenvalue weighted by Gasteiger charge is -2.36. The van der Waals surface area contributed by atoms with Crippen LogP contribution in [-0.4, -0.2) is 38.7 Å². The minimum Gasteiger partial charge on any atom is -0.479 e. The molecule has 148 valence electrons. The average molecular weight is 391 g/mol. The molecule has 4 rings (SSSR count). The Labute approximate surface area is 168 Å². The summed E-state index contributed by atoms with van der Waals surface area (Å²) in [6.07, 6.45) is 0.963. The monoisotopic (exact) mass is 391 g/mol. The number of ether oxygens (including phenoxy) is 1. The van der Waals surface area contributed by atoms with Crippen molar-refractivity contribution in [2.24, 2.45) is 7.05 Å². The number of hydrogen-bond acceptors (Lipinski definition) is 5. The van der Waals surface area contributed by atoms with Gasteiger partial charge >= 0.3 is 0 Å². The molecule has 2 aromatic carbocycles. The molecule has 0 saturated heterocycles. The van der Waals surface area contributed by atoms with Crippen LogP contribution >= 0.6 is 0 Å². The van der Waals surface area contributed by atoms with E-state index in [9.17, 15) is 9.59 Å². The van der Waals surface area contributed by atoms with Gasteiger partial charge in [0.05, 0.1) is 5.69 Å². The molecule has 2 heterocycles. The summed E-state index contributed by atoms with van der Waals surface area (Å²) in [6.45, 7) is 3.38. The summed E-state index contributed by atoms with van der Waals surface area (Å²) in [5.74, 6) is 0.736. The summed E-state index contributed by atoms with van der Waals surface area (Å²) < 4.78 is 7.45. The van der Waals surface area contributed by atoms with E-state index in [4.69, 9.17) is 4.74 Å².